The molecule has 41 heavy (non-hydrogen) atoms. The van der Waals surface area contributed by atoms with Crippen LogP contribution in [0.25, 0.3) is 11.1 Å². The van der Waals surface area contributed by atoms with Gasteiger partial charge < -0.3 is 30.5 Å². The van der Waals surface area contributed by atoms with Crippen LogP contribution in [0.15, 0.2) is 48.5 Å². The molecule has 8 aliphatic rings. The second kappa shape index (κ2) is 13.9. The van der Waals surface area contributed by atoms with E-state index < -0.39 is 0 Å². The van der Waals surface area contributed by atoms with Gasteiger partial charge in [-0.2, -0.15) is 0 Å². The van der Waals surface area contributed by atoms with Crippen LogP contribution in [-0.2, 0) is 20.4 Å². The number of rotatable bonds is 6. The standard InChI is InChI=1S/C24H39P.C12H10N.2ClH.Pd/c1-2-3-4-25(23-11-17-5-18(12-23)7-19(6-17)13-23)24-14-20-8-21(15-24)10-22(9-20)16-24;13-12-9-5-4-8-11(12)10-6-2-1-3-7-10;;;/h17-22H,2-16H2,1H3;1-6,8-9H,13H2;2*1H;/q;-1;;;+2/p-2. The Kier molecular flexibility index (Phi) is 11.5. The summed E-state index contributed by atoms with van der Waals surface area (Å²) in [6.07, 6.45) is 24.6. The zero-order chi connectivity index (χ0) is 25.7. The quantitative estimate of drug-likeness (QED) is 0.210. The van der Waals surface area contributed by atoms with Gasteiger partial charge >= 0.3 is 20.4 Å². The number of para-hydroxylation sites is 1. The van der Waals surface area contributed by atoms with Crippen molar-refractivity contribution in [1.82, 2.24) is 0 Å². The van der Waals surface area contributed by atoms with E-state index >= 15 is 0 Å². The Morgan fingerprint density at radius 1 is 0.707 bits per heavy atom. The first-order valence-corrected chi connectivity index (χ1v) is 17.7. The molecule has 1 nitrogen and oxygen atoms in total. The van der Waals surface area contributed by atoms with Gasteiger partial charge in [-0.1, -0.05) is 45.0 Å². The van der Waals surface area contributed by atoms with E-state index in [1.807, 2.05) is 48.5 Å². The third-order valence-electron chi connectivity index (χ3n) is 11.9. The Bertz CT molecular complexity index is 1010. The van der Waals surface area contributed by atoms with E-state index in [4.69, 9.17) is 5.73 Å². The van der Waals surface area contributed by atoms with E-state index in [2.05, 4.69) is 13.0 Å². The first-order chi connectivity index (χ1) is 18.5. The van der Waals surface area contributed by atoms with Crippen molar-refractivity contribution in [2.45, 2.75) is 107 Å². The molecule has 8 bridgehead atoms. The van der Waals surface area contributed by atoms with Crippen molar-refractivity contribution in [3.05, 3.63) is 54.6 Å². The van der Waals surface area contributed by atoms with E-state index in [9.17, 15) is 0 Å². The molecule has 228 valence electrons. The van der Waals surface area contributed by atoms with Gasteiger partial charge in [0.1, 0.15) is 0 Å². The van der Waals surface area contributed by atoms with Crippen LogP contribution in [0.3, 0.4) is 0 Å². The van der Waals surface area contributed by atoms with Gasteiger partial charge in [-0.15, -0.1) is 35.9 Å². The van der Waals surface area contributed by atoms with Crippen molar-refractivity contribution >= 4 is 13.6 Å². The van der Waals surface area contributed by atoms with Crippen LogP contribution in [0.2, 0.25) is 0 Å². The fraction of sp³-hybridized carbons (Fsp3) is 0.667. The third-order valence-corrected chi connectivity index (χ3v) is 16.0. The maximum absolute atomic E-state index is 5.83. The molecule has 0 aliphatic heterocycles. The van der Waals surface area contributed by atoms with Gasteiger partial charge in [0.25, 0.3) is 0 Å². The maximum Gasteiger partial charge on any atom is 2.00 e. The number of anilines is 1. The molecule has 0 spiro atoms. The second-order valence-electron chi connectivity index (χ2n) is 14.7. The first-order valence-electron chi connectivity index (χ1n) is 16.1. The number of nitrogens with two attached hydrogens (primary N) is 1. The van der Waals surface area contributed by atoms with Crippen LogP contribution in [0.5, 0.6) is 0 Å². The minimum Gasteiger partial charge on any atom is -1.00 e. The zero-order valence-electron chi connectivity index (χ0n) is 24.8. The Morgan fingerprint density at radius 2 is 1.15 bits per heavy atom. The van der Waals surface area contributed by atoms with Crippen LogP contribution in [-0.4, -0.2) is 16.5 Å². The molecule has 10 rings (SSSR count). The van der Waals surface area contributed by atoms with Crippen molar-refractivity contribution in [2.75, 3.05) is 11.9 Å². The summed E-state index contributed by atoms with van der Waals surface area (Å²) >= 11 is 0. The molecule has 0 radical (unpaired) electrons. The Balaban J connectivity index is 0.000000209. The van der Waals surface area contributed by atoms with Crippen LogP contribution in [0.1, 0.15) is 96.8 Å². The fourth-order valence-electron chi connectivity index (χ4n) is 11.4. The van der Waals surface area contributed by atoms with Crippen LogP contribution in [0.4, 0.5) is 5.69 Å². The van der Waals surface area contributed by atoms with Crippen LogP contribution in [0, 0.1) is 41.6 Å². The number of hydrogen-bond donors (Lipinski definition) is 1. The van der Waals surface area contributed by atoms with Crippen molar-refractivity contribution in [2.24, 2.45) is 35.5 Å². The van der Waals surface area contributed by atoms with Crippen LogP contribution >= 0.6 is 7.92 Å². The second-order valence-corrected chi connectivity index (χ2v) is 17.9. The van der Waals surface area contributed by atoms with E-state index in [1.54, 1.807) is 89.6 Å². The van der Waals surface area contributed by atoms with Crippen molar-refractivity contribution in [3.8, 4) is 11.1 Å². The molecular formula is C36H49Cl2NPPd-. The predicted molar refractivity (Wildman–Crippen MR) is 164 cm³/mol. The molecule has 0 aromatic heterocycles. The first kappa shape index (κ1) is 33.8. The average molecular weight is 704 g/mol. The normalized spacial score (nSPS) is 37.6. The van der Waals surface area contributed by atoms with E-state index in [0.29, 0.717) is 0 Å². The molecule has 0 unspecified atom stereocenters. The van der Waals surface area contributed by atoms with E-state index in [-0.39, 0.29) is 53.2 Å². The summed E-state index contributed by atoms with van der Waals surface area (Å²) < 4.78 is 0. The van der Waals surface area contributed by atoms with Gasteiger partial charge in [0.2, 0.25) is 0 Å². The summed E-state index contributed by atoms with van der Waals surface area (Å²) in [7, 11) is 0.285. The van der Waals surface area contributed by atoms with Crippen molar-refractivity contribution < 1.29 is 45.2 Å². The molecule has 5 heteroatoms. The molecule has 0 saturated heterocycles. The van der Waals surface area contributed by atoms with Gasteiger partial charge in [0.15, 0.2) is 0 Å². The summed E-state index contributed by atoms with van der Waals surface area (Å²) in [6, 6.07) is 18.8. The maximum atomic E-state index is 5.83. The van der Waals surface area contributed by atoms with Gasteiger partial charge in [-0.3, -0.25) is 0 Å². The zero-order valence-corrected chi connectivity index (χ0v) is 28.7. The summed E-state index contributed by atoms with van der Waals surface area (Å²) in [4.78, 5) is 0. The summed E-state index contributed by atoms with van der Waals surface area (Å²) in [5, 5.41) is 1.76. The fourth-order valence-corrected chi connectivity index (χ4v) is 16.8. The van der Waals surface area contributed by atoms with Gasteiger partial charge in [-0.25, -0.2) is 0 Å². The average Bonchev–Trinajstić information content (AvgIpc) is 2.88. The van der Waals surface area contributed by atoms with Crippen molar-refractivity contribution in [3.63, 3.8) is 0 Å². The number of unbranched alkanes of at least 4 members (excludes halogenated alkanes) is 1. The minimum atomic E-state index is 0. The summed E-state index contributed by atoms with van der Waals surface area (Å²) in [5.41, 5.74) is 8.72. The van der Waals surface area contributed by atoms with Gasteiger partial charge in [-0.05, 0) is 147 Å². The molecule has 8 aliphatic carbocycles. The van der Waals surface area contributed by atoms with E-state index in [1.165, 1.54) is 6.42 Å². The molecule has 0 heterocycles. The molecular weight excluding hydrogens is 655 g/mol. The number of hydrogen-bond acceptors (Lipinski definition) is 1. The number of halogens is 2. The largest absolute Gasteiger partial charge is 2.00 e. The Hall–Kier alpha value is -0.0877. The minimum absolute atomic E-state index is 0. The monoisotopic (exact) mass is 702 g/mol. The van der Waals surface area contributed by atoms with Gasteiger partial charge in [0, 0.05) is 0 Å². The molecule has 2 N–H and O–H groups in total. The number of nitrogen functional groups attached to an aromatic ring is 1. The Labute approximate surface area is 277 Å². The molecule has 8 saturated carbocycles. The van der Waals surface area contributed by atoms with E-state index in [0.717, 1.165) is 62.6 Å². The van der Waals surface area contributed by atoms with Crippen LogP contribution < -0.4 is 30.5 Å². The molecule has 0 amide bonds. The summed E-state index contributed by atoms with van der Waals surface area (Å²) in [5.74, 6) is 6.95. The van der Waals surface area contributed by atoms with Gasteiger partial charge in [0.05, 0.1) is 0 Å². The number of benzene rings is 2. The summed E-state index contributed by atoms with van der Waals surface area (Å²) in [6.45, 7) is 2.45. The Morgan fingerprint density at radius 3 is 1.54 bits per heavy atom. The molecule has 2 aromatic carbocycles. The van der Waals surface area contributed by atoms with Crippen molar-refractivity contribution in [1.29, 1.82) is 0 Å². The predicted octanol–water partition coefficient (Wildman–Crippen LogP) is 3.95. The molecule has 8 fully saturated rings. The molecule has 0 atom stereocenters. The smallest absolute Gasteiger partial charge is 1.00 e. The third kappa shape index (κ3) is 6.65. The molecule has 2 aromatic rings. The SMILES string of the molecule is CCCCP(C12CC3CC(CC(C3)C1)C2)C12CC3CC(CC(C3)C1)C2.Nc1ccccc1-c1[c-]cccc1.[Cl-].[Cl-].[Pd+2]. The topological polar surface area (TPSA) is 26.0 Å².